The predicted octanol–water partition coefficient (Wildman–Crippen LogP) is 3.00. The Bertz CT molecular complexity index is 646. The average Bonchev–Trinajstić information content (AvgIpc) is 3.02. The van der Waals surface area contributed by atoms with Crippen molar-refractivity contribution in [2.24, 2.45) is 0 Å². The molecule has 20 heavy (non-hydrogen) atoms. The van der Waals surface area contributed by atoms with E-state index in [9.17, 15) is 4.79 Å². The third-order valence-electron chi connectivity index (χ3n) is 3.03. The fourth-order valence-corrected chi connectivity index (χ4v) is 2.59. The number of ketones is 1. The summed E-state index contributed by atoms with van der Waals surface area (Å²) < 4.78 is 15.9. The minimum absolute atomic E-state index is 0.00167. The summed E-state index contributed by atoms with van der Waals surface area (Å²) in [6.07, 6.45) is 0. The fourth-order valence-electron chi connectivity index (χ4n) is 1.79. The van der Waals surface area contributed by atoms with Crippen LogP contribution in [0.25, 0.3) is 0 Å². The molecule has 0 unspecified atom stereocenters. The summed E-state index contributed by atoms with van der Waals surface area (Å²) in [4.78, 5) is 16.4. The lowest BCUT2D eigenvalue weighted by Gasteiger charge is -2.01. The Morgan fingerprint density at radius 3 is 2.85 bits per heavy atom. The van der Waals surface area contributed by atoms with Crippen molar-refractivity contribution in [3.8, 4) is 11.5 Å². The molecule has 0 spiro atoms. The lowest BCUT2D eigenvalue weighted by Crippen LogP contribution is -2.02. The highest BCUT2D eigenvalue weighted by Gasteiger charge is 2.17. The molecule has 1 aromatic carbocycles. The van der Waals surface area contributed by atoms with E-state index in [0.29, 0.717) is 22.3 Å². The van der Waals surface area contributed by atoms with E-state index in [2.05, 4.69) is 4.98 Å². The second kappa shape index (κ2) is 5.20. The highest BCUT2D eigenvalue weighted by Crippen LogP contribution is 2.33. The number of carbonyl (C=O) groups is 1. The zero-order chi connectivity index (χ0) is 14.1. The van der Waals surface area contributed by atoms with Gasteiger partial charge in [0.1, 0.15) is 5.76 Å². The molecule has 0 bridgehead atoms. The molecule has 0 radical (unpaired) electrons. The maximum absolute atomic E-state index is 12.1. The van der Waals surface area contributed by atoms with E-state index in [4.69, 9.17) is 13.9 Å². The summed E-state index contributed by atoms with van der Waals surface area (Å²) in [6, 6.07) is 5.19. The maximum atomic E-state index is 12.1. The quantitative estimate of drug-likeness (QED) is 0.637. The van der Waals surface area contributed by atoms with E-state index in [-0.39, 0.29) is 18.3 Å². The van der Waals surface area contributed by atoms with Gasteiger partial charge in [-0.3, -0.25) is 4.79 Å². The van der Waals surface area contributed by atoms with Crippen molar-refractivity contribution < 1.29 is 18.7 Å². The van der Waals surface area contributed by atoms with Crippen LogP contribution in [0.3, 0.4) is 0 Å². The first kappa shape index (κ1) is 13.1. The Morgan fingerprint density at radius 1 is 1.30 bits per heavy atom. The SMILES string of the molecule is Cc1nc(SCC(=O)c2ccc3c(c2)OCO3)oc1C. The fraction of sp³-hybridized carbons (Fsp3) is 0.286. The smallest absolute Gasteiger partial charge is 0.256 e. The van der Waals surface area contributed by atoms with Crippen LogP contribution in [0.5, 0.6) is 11.5 Å². The summed E-state index contributed by atoms with van der Waals surface area (Å²) in [5.41, 5.74) is 1.45. The average molecular weight is 291 g/mol. The molecule has 2 heterocycles. The number of ether oxygens (including phenoxy) is 2. The molecule has 0 N–H and O–H groups in total. The van der Waals surface area contributed by atoms with Crippen LogP contribution in [-0.2, 0) is 0 Å². The zero-order valence-corrected chi connectivity index (χ0v) is 12.0. The standard InChI is InChI=1S/C14H13NO4S/c1-8-9(2)19-14(15-8)20-6-11(16)10-3-4-12-13(5-10)18-7-17-12/h3-5H,6-7H2,1-2H3. The third kappa shape index (κ3) is 2.51. The van der Waals surface area contributed by atoms with Gasteiger partial charge in [0.05, 0.1) is 11.4 Å². The molecule has 0 fully saturated rings. The molecule has 1 aromatic heterocycles. The molecule has 1 aliphatic heterocycles. The topological polar surface area (TPSA) is 61.6 Å². The van der Waals surface area contributed by atoms with Crippen LogP contribution in [0.2, 0.25) is 0 Å². The highest BCUT2D eigenvalue weighted by molar-refractivity contribution is 7.99. The van der Waals surface area contributed by atoms with Gasteiger partial charge >= 0.3 is 0 Å². The van der Waals surface area contributed by atoms with Crippen LogP contribution in [0.4, 0.5) is 0 Å². The Balaban J connectivity index is 1.67. The Morgan fingerprint density at radius 2 is 2.10 bits per heavy atom. The van der Waals surface area contributed by atoms with E-state index in [1.54, 1.807) is 18.2 Å². The normalized spacial score (nSPS) is 12.7. The molecule has 0 saturated heterocycles. The molecule has 104 valence electrons. The number of aromatic nitrogens is 1. The van der Waals surface area contributed by atoms with Crippen molar-refractivity contribution in [2.45, 2.75) is 19.1 Å². The number of benzene rings is 1. The number of Topliss-reactive ketones (excluding diaryl/α,β-unsaturated/α-hetero) is 1. The van der Waals surface area contributed by atoms with E-state index >= 15 is 0 Å². The van der Waals surface area contributed by atoms with Gasteiger partial charge in [-0.15, -0.1) is 0 Å². The van der Waals surface area contributed by atoms with Gasteiger partial charge in [-0.25, -0.2) is 4.98 Å². The summed E-state index contributed by atoms with van der Waals surface area (Å²) in [6.45, 7) is 3.94. The first-order valence-electron chi connectivity index (χ1n) is 6.13. The number of rotatable bonds is 4. The molecule has 3 rings (SSSR count). The van der Waals surface area contributed by atoms with E-state index in [0.717, 1.165) is 11.5 Å². The van der Waals surface area contributed by atoms with E-state index in [1.165, 1.54) is 11.8 Å². The molecule has 0 aliphatic carbocycles. The van der Waals surface area contributed by atoms with Crippen LogP contribution in [0, 0.1) is 13.8 Å². The van der Waals surface area contributed by atoms with Crippen LogP contribution in [-0.4, -0.2) is 23.3 Å². The van der Waals surface area contributed by atoms with Crippen molar-refractivity contribution in [3.63, 3.8) is 0 Å². The maximum Gasteiger partial charge on any atom is 0.256 e. The Labute approximate surface area is 120 Å². The number of hydrogen-bond donors (Lipinski definition) is 0. The summed E-state index contributed by atoms with van der Waals surface area (Å²) in [5, 5.41) is 0.522. The Kier molecular flexibility index (Phi) is 3.40. The van der Waals surface area contributed by atoms with Gasteiger partial charge in [-0.1, -0.05) is 11.8 Å². The lowest BCUT2D eigenvalue weighted by molar-refractivity contribution is 0.102. The molecule has 0 amide bonds. The predicted molar refractivity (Wildman–Crippen MR) is 73.6 cm³/mol. The molecule has 2 aromatic rings. The largest absolute Gasteiger partial charge is 0.454 e. The number of carbonyl (C=O) groups excluding carboxylic acids is 1. The van der Waals surface area contributed by atoms with Gasteiger partial charge in [0, 0.05) is 5.56 Å². The second-order valence-corrected chi connectivity index (χ2v) is 5.33. The van der Waals surface area contributed by atoms with Gasteiger partial charge in [0.15, 0.2) is 17.3 Å². The number of thioether (sulfide) groups is 1. The van der Waals surface area contributed by atoms with Crippen LogP contribution in [0.15, 0.2) is 27.8 Å². The monoisotopic (exact) mass is 291 g/mol. The summed E-state index contributed by atoms with van der Waals surface area (Å²) >= 11 is 1.29. The van der Waals surface area contributed by atoms with Crippen molar-refractivity contribution in [1.82, 2.24) is 4.98 Å². The van der Waals surface area contributed by atoms with Gasteiger partial charge in [0.25, 0.3) is 5.22 Å². The zero-order valence-electron chi connectivity index (χ0n) is 11.1. The van der Waals surface area contributed by atoms with Crippen molar-refractivity contribution in [2.75, 3.05) is 12.5 Å². The lowest BCUT2D eigenvalue weighted by atomic mass is 10.1. The van der Waals surface area contributed by atoms with Crippen molar-refractivity contribution in [3.05, 3.63) is 35.2 Å². The molecule has 6 heteroatoms. The first-order valence-corrected chi connectivity index (χ1v) is 7.12. The molecular weight excluding hydrogens is 278 g/mol. The van der Waals surface area contributed by atoms with Crippen LogP contribution in [0.1, 0.15) is 21.8 Å². The third-order valence-corrected chi connectivity index (χ3v) is 3.86. The van der Waals surface area contributed by atoms with Gasteiger partial charge in [0.2, 0.25) is 6.79 Å². The summed E-state index contributed by atoms with van der Waals surface area (Å²) in [7, 11) is 0. The van der Waals surface area contributed by atoms with Gasteiger partial charge in [-0.2, -0.15) is 0 Å². The number of nitrogens with zero attached hydrogens (tertiary/aromatic N) is 1. The molecule has 1 aliphatic rings. The number of aryl methyl sites for hydroxylation is 2. The van der Waals surface area contributed by atoms with Gasteiger partial charge < -0.3 is 13.9 Å². The second-order valence-electron chi connectivity index (χ2n) is 4.40. The van der Waals surface area contributed by atoms with Gasteiger partial charge in [-0.05, 0) is 32.0 Å². The number of fused-ring (bicyclic) bond motifs is 1. The molecule has 0 atom stereocenters. The molecule has 0 saturated carbocycles. The van der Waals surface area contributed by atoms with E-state index in [1.807, 2.05) is 13.8 Å². The van der Waals surface area contributed by atoms with Crippen molar-refractivity contribution >= 4 is 17.5 Å². The Hall–Kier alpha value is -1.95. The van der Waals surface area contributed by atoms with E-state index < -0.39 is 0 Å². The minimum atomic E-state index is 0.00167. The summed E-state index contributed by atoms with van der Waals surface area (Å²) in [5.74, 6) is 2.35. The van der Waals surface area contributed by atoms with Crippen LogP contribution >= 0.6 is 11.8 Å². The number of hydrogen-bond acceptors (Lipinski definition) is 6. The first-order chi connectivity index (χ1) is 9.63. The molecular formula is C14H13NO4S. The number of oxazole rings is 1. The minimum Gasteiger partial charge on any atom is -0.454 e. The van der Waals surface area contributed by atoms with Crippen molar-refractivity contribution in [1.29, 1.82) is 0 Å². The highest BCUT2D eigenvalue weighted by atomic mass is 32.2. The molecule has 5 nitrogen and oxygen atoms in total. The van der Waals surface area contributed by atoms with Crippen LogP contribution < -0.4 is 9.47 Å².